The Hall–Kier alpha value is -1.68. The molecule has 2 unspecified atom stereocenters. The second-order valence-corrected chi connectivity index (χ2v) is 5.78. The Balaban J connectivity index is 2.03. The molecule has 19 heavy (non-hydrogen) atoms. The maximum Gasteiger partial charge on any atom is 0.234 e. The van der Waals surface area contributed by atoms with E-state index in [1.54, 1.807) is 0 Å². The average Bonchev–Trinajstić information content (AvgIpc) is 2.71. The smallest absolute Gasteiger partial charge is 0.234 e. The molecule has 100 valence electrons. The van der Waals surface area contributed by atoms with E-state index in [4.69, 9.17) is 0 Å². The maximum absolute atomic E-state index is 12.3. The number of hydrogen-bond donors (Lipinski definition) is 1. The van der Waals surface area contributed by atoms with Crippen molar-refractivity contribution in [1.29, 1.82) is 0 Å². The lowest BCUT2D eigenvalue weighted by atomic mass is 9.66. The number of carbonyl (C=O) groups excluding carboxylic acids is 2. The van der Waals surface area contributed by atoms with Gasteiger partial charge in [0.15, 0.2) is 0 Å². The topological polar surface area (TPSA) is 49.4 Å². The number of benzene rings is 1. The second kappa shape index (κ2) is 4.46. The molecule has 2 saturated heterocycles. The number of nitrogens with zero attached hydrogens (tertiary/aromatic N) is 1. The number of likely N-dealkylation sites (tertiary alicyclic amines) is 1. The van der Waals surface area contributed by atoms with Gasteiger partial charge < -0.3 is 4.90 Å². The molecule has 4 nitrogen and oxygen atoms in total. The summed E-state index contributed by atoms with van der Waals surface area (Å²) in [5, 5.41) is 2.50. The lowest BCUT2D eigenvalue weighted by Gasteiger charge is -2.39. The van der Waals surface area contributed by atoms with Crippen LogP contribution in [0.4, 0.5) is 0 Å². The Bertz CT molecular complexity index is 514. The number of imide groups is 1. The summed E-state index contributed by atoms with van der Waals surface area (Å²) >= 11 is 0. The first-order valence-corrected chi connectivity index (χ1v) is 6.68. The highest BCUT2D eigenvalue weighted by Gasteiger charge is 2.51. The summed E-state index contributed by atoms with van der Waals surface area (Å²) in [6, 6.07) is 9.82. The van der Waals surface area contributed by atoms with E-state index in [0.29, 0.717) is 6.42 Å². The van der Waals surface area contributed by atoms with E-state index in [0.717, 1.165) is 25.1 Å². The molecule has 2 amide bonds. The molecule has 2 aliphatic heterocycles. The van der Waals surface area contributed by atoms with Gasteiger partial charge in [-0.05, 0) is 25.6 Å². The molecule has 3 rings (SSSR count). The minimum absolute atomic E-state index is 0.132. The third-order valence-corrected chi connectivity index (χ3v) is 4.36. The molecule has 1 aromatic rings. The Morgan fingerprint density at radius 3 is 2.63 bits per heavy atom. The fraction of sp³-hybridized carbons (Fsp3) is 0.467. The van der Waals surface area contributed by atoms with Gasteiger partial charge in [-0.25, -0.2) is 0 Å². The molecule has 2 fully saturated rings. The van der Waals surface area contributed by atoms with Crippen LogP contribution in [0, 0.1) is 5.41 Å². The number of piperidine rings is 1. The zero-order valence-corrected chi connectivity index (χ0v) is 11.1. The van der Waals surface area contributed by atoms with Crippen LogP contribution in [0.1, 0.15) is 24.3 Å². The molecule has 0 aromatic heterocycles. The summed E-state index contributed by atoms with van der Waals surface area (Å²) in [7, 11) is 2.05. The van der Waals surface area contributed by atoms with Crippen molar-refractivity contribution in [1.82, 2.24) is 10.2 Å². The van der Waals surface area contributed by atoms with E-state index in [9.17, 15) is 9.59 Å². The highest BCUT2D eigenvalue weighted by atomic mass is 16.2. The van der Waals surface area contributed by atoms with Crippen molar-refractivity contribution < 1.29 is 9.59 Å². The molecule has 2 aliphatic rings. The Morgan fingerprint density at radius 2 is 2.00 bits per heavy atom. The maximum atomic E-state index is 12.3. The molecule has 1 spiro atoms. The van der Waals surface area contributed by atoms with Gasteiger partial charge in [0, 0.05) is 18.4 Å². The summed E-state index contributed by atoms with van der Waals surface area (Å²) in [5.74, 6) is -0.485. The Morgan fingerprint density at radius 1 is 1.26 bits per heavy atom. The summed E-state index contributed by atoms with van der Waals surface area (Å²) in [5.41, 5.74) is 0.790. The van der Waals surface area contributed by atoms with Gasteiger partial charge in [-0.2, -0.15) is 0 Å². The van der Waals surface area contributed by atoms with Crippen LogP contribution in [-0.4, -0.2) is 36.9 Å². The highest BCUT2D eigenvalue weighted by Crippen LogP contribution is 2.47. The summed E-state index contributed by atoms with van der Waals surface area (Å²) in [6.45, 7) is 1.76. The molecule has 0 bridgehead atoms. The molecule has 4 heteroatoms. The van der Waals surface area contributed by atoms with Crippen LogP contribution in [0.15, 0.2) is 30.3 Å². The van der Waals surface area contributed by atoms with Gasteiger partial charge in [0.25, 0.3) is 0 Å². The van der Waals surface area contributed by atoms with Crippen molar-refractivity contribution in [3.8, 4) is 0 Å². The first kappa shape index (κ1) is 12.4. The van der Waals surface area contributed by atoms with E-state index in [1.807, 2.05) is 37.4 Å². The van der Waals surface area contributed by atoms with E-state index in [2.05, 4.69) is 10.2 Å². The Labute approximate surface area is 112 Å². The van der Waals surface area contributed by atoms with Crippen LogP contribution in [0.2, 0.25) is 0 Å². The molecule has 1 aromatic carbocycles. The van der Waals surface area contributed by atoms with E-state index >= 15 is 0 Å². The lowest BCUT2D eigenvalue weighted by molar-refractivity contribution is -0.139. The SMILES string of the molecule is CN1CCC2(CC(=O)NC(=O)C2c2ccccc2)C1. The van der Waals surface area contributed by atoms with Gasteiger partial charge in [0.05, 0.1) is 5.92 Å². The van der Waals surface area contributed by atoms with Gasteiger partial charge in [-0.15, -0.1) is 0 Å². The first-order valence-electron chi connectivity index (χ1n) is 6.68. The predicted molar refractivity (Wildman–Crippen MR) is 71.5 cm³/mol. The normalized spacial score (nSPS) is 31.7. The van der Waals surface area contributed by atoms with Crippen LogP contribution < -0.4 is 5.32 Å². The molecular weight excluding hydrogens is 240 g/mol. The molecule has 2 atom stereocenters. The van der Waals surface area contributed by atoms with Gasteiger partial charge in [-0.1, -0.05) is 30.3 Å². The third-order valence-electron chi connectivity index (χ3n) is 4.36. The van der Waals surface area contributed by atoms with Gasteiger partial charge in [0.2, 0.25) is 11.8 Å². The van der Waals surface area contributed by atoms with E-state index in [1.165, 1.54) is 0 Å². The van der Waals surface area contributed by atoms with Gasteiger partial charge >= 0.3 is 0 Å². The second-order valence-electron chi connectivity index (χ2n) is 5.78. The van der Waals surface area contributed by atoms with Crippen LogP contribution >= 0.6 is 0 Å². The molecule has 0 aliphatic carbocycles. The standard InChI is InChI=1S/C15H18N2O2/c1-17-8-7-15(10-17)9-12(18)16-14(19)13(15)11-5-3-2-4-6-11/h2-6,13H,7-10H2,1H3,(H,16,18,19). The third kappa shape index (κ3) is 2.06. The lowest BCUT2D eigenvalue weighted by Crippen LogP contribution is -2.51. The van der Waals surface area contributed by atoms with Crippen molar-refractivity contribution in [2.75, 3.05) is 20.1 Å². The average molecular weight is 258 g/mol. The van der Waals surface area contributed by atoms with Crippen molar-refractivity contribution in [3.05, 3.63) is 35.9 Å². The molecule has 1 N–H and O–H groups in total. The highest BCUT2D eigenvalue weighted by molar-refractivity contribution is 6.02. The van der Waals surface area contributed by atoms with E-state index in [-0.39, 0.29) is 23.1 Å². The largest absolute Gasteiger partial charge is 0.306 e. The number of carbonyl (C=O) groups is 2. The molecule has 0 radical (unpaired) electrons. The summed E-state index contributed by atoms with van der Waals surface area (Å²) in [4.78, 5) is 26.3. The quantitative estimate of drug-likeness (QED) is 0.768. The van der Waals surface area contributed by atoms with Crippen molar-refractivity contribution in [3.63, 3.8) is 0 Å². The van der Waals surface area contributed by atoms with Crippen molar-refractivity contribution in [2.24, 2.45) is 5.41 Å². The zero-order valence-electron chi connectivity index (χ0n) is 11.1. The zero-order chi connectivity index (χ0) is 13.5. The van der Waals surface area contributed by atoms with Crippen molar-refractivity contribution in [2.45, 2.75) is 18.8 Å². The Kier molecular flexibility index (Phi) is 2.90. The summed E-state index contributed by atoms with van der Waals surface area (Å²) in [6.07, 6.45) is 1.35. The first-order chi connectivity index (χ1) is 9.11. The van der Waals surface area contributed by atoms with Crippen LogP contribution in [0.5, 0.6) is 0 Å². The summed E-state index contributed by atoms with van der Waals surface area (Å²) < 4.78 is 0. The molecule has 0 saturated carbocycles. The predicted octanol–water partition coefficient (Wildman–Crippen LogP) is 1.14. The minimum Gasteiger partial charge on any atom is -0.306 e. The van der Waals surface area contributed by atoms with Crippen LogP contribution in [-0.2, 0) is 9.59 Å². The number of rotatable bonds is 1. The fourth-order valence-corrected chi connectivity index (χ4v) is 3.59. The van der Waals surface area contributed by atoms with Gasteiger partial charge in [-0.3, -0.25) is 14.9 Å². The number of hydrogen-bond acceptors (Lipinski definition) is 3. The minimum atomic E-state index is -0.227. The monoisotopic (exact) mass is 258 g/mol. The van der Waals surface area contributed by atoms with Crippen molar-refractivity contribution >= 4 is 11.8 Å². The van der Waals surface area contributed by atoms with Gasteiger partial charge in [0.1, 0.15) is 0 Å². The fourth-order valence-electron chi connectivity index (χ4n) is 3.59. The number of amides is 2. The number of nitrogens with one attached hydrogen (secondary N) is 1. The molecule has 2 heterocycles. The van der Waals surface area contributed by atoms with Crippen LogP contribution in [0.3, 0.4) is 0 Å². The van der Waals surface area contributed by atoms with E-state index < -0.39 is 0 Å². The molecular formula is C15H18N2O2. The van der Waals surface area contributed by atoms with Crippen LogP contribution in [0.25, 0.3) is 0 Å².